The molecule has 0 saturated carbocycles. The van der Waals surface area contributed by atoms with E-state index in [2.05, 4.69) is 97.6 Å². The van der Waals surface area contributed by atoms with Crippen LogP contribution in [0.15, 0.2) is 89.8 Å². The van der Waals surface area contributed by atoms with E-state index in [1.807, 2.05) is 17.8 Å². The molecule has 3 nitrogen and oxygen atoms in total. The van der Waals surface area contributed by atoms with Crippen molar-refractivity contribution in [2.45, 2.75) is 42.7 Å². The van der Waals surface area contributed by atoms with E-state index in [4.69, 9.17) is 9.47 Å². The van der Waals surface area contributed by atoms with Crippen molar-refractivity contribution in [1.82, 2.24) is 4.90 Å². The summed E-state index contributed by atoms with van der Waals surface area (Å²) in [4.78, 5) is 3.67. The Bertz CT molecular complexity index is 932. The number of hydrogen-bond donors (Lipinski definition) is 0. The molecule has 0 unspecified atom stereocenters. The maximum atomic E-state index is 6.35. The summed E-state index contributed by atoms with van der Waals surface area (Å²) < 4.78 is 12.4. The van der Waals surface area contributed by atoms with E-state index in [-0.39, 0.29) is 17.5 Å². The molecule has 1 aliphatic rings. The molecule has 4 heteroatoms. The van der Waals surface area contributed by atoms with Gasteiger partial charge in [-0.15, -0.1) is 11.8 Å². The zero-order valence-electron chi connectivity index (χ0n) is 18.3. The lowest BCUT2D eigenvalue weighted by molar-refractivity contribution is -0.0319. The highest BCUT2D eigenvalue weighted by Gasteiger charge is 2.31. The van der Waals surface area contributed by atoms with Crippen LogP contribution in [0.4, 0.5) is 0 Å². The van der Waals surface area contributed by atoms with Crippen LogP contribution in [0.1, 0.15) is 30.2 Å². The molecule has 2 atom stereocenters. The zero-order chi connectivity index (χ0) is 21.5. The Morgan fingerprint density at radius 3 is 2.35 bits per heavy atom. The van der Waals surface area contributed by atoms with Crippen LogP contribution in [0.25, 0.3) is 0 Å². The van der Waals surface area contributed by atoms with E-state index in [1.165, 1.54) is 11.1 Å². The first-order chi connectivity index (χ1) is 15.2. The van der Waals surface area contributed by atoms with Crippen molar-refractivity contribution in [3.63, 3.8) is 0 Å². The van der Waals surface area contributed by atoms with Crippen LogP contribution in [-0.4, -0.2) is 36.8 Å². The summed E-state index contributed by atoms with van der Waals surface area (Å²) in [5.41, 5.74) is 2.64. The normalized spacial score (nSPS) is 18.1. The van der Waals surface area contributed by atoms with Crippen molar-refractivity contribution in [2.75, 3.05) is 19.7 Å². The van der Waals surface area contributed by atoms with E-state index in [1.54, 1.807) is 0 Å². The molecule has 0 N–H and O–H groups in total. The lowest BCUT2D eigenvalue weighted by Gasteiger charge is -2.37. The number of para-hydroxylation sites is 1. The van der Waals surface area contributed by atoms with E-state index >= 15 is 0 Å². The minimum absolute atomic E-state index is 0.108. The summed E-state index contributed by atoms with van der Waals surface area (Å²) in [6, 6.07) is 29.8. The van der Waals surface area contributed by atoms with Gasteiger partial charge in [0.2, 0.25) is 0 Å². The third-order valence-corrected chi connectivity index (χ3v) is 6.78. The second kappa shape index (κ2) is 10.9. The quantitative estimate of drug-likeness (QED) is 0.394. The monoisotopic (exact) mass is 433 g/mol. The first-order valence-electron chi connectivity index (χ1n) is 11.0. The summed E-state index contributed by atoms with van der Waals surface area (Å²) in [6.45, 7) is 7.73. The molecule has 162 valence electrons. The van der Waals surface area contributed by atoms with Gasteiger partial charge in [0.15, 0.2) is 0 Å². The van der Waals surface area contributed by atoms with Crippen LogP contribution in [0.2, 0.25) is 0 Å². The van der Waals surface area contributed by atoms with Gasteiger partial charge in [-0.25, -0.2) is 0 Å². The van der Waals surface area contributed by atoms with Gasteiger partial charge in [-0.3, -0.25) is 4.90 Å². The lowest BCUT2D eigenvalue weighted by Crippen LogP contribution is -2.44. The number of hydrogen-bond acceptors (Lipinski definition) is 4. The fourth-order valence-electron chi connectivity index (χ4n) is 3.94. The number of morpholine rings is 1. The summed E-state index contributed by atoms with van der Waals surface area (Å²) in [5.74, 6) is 0.945. The standard InChI is InChI=1S/C27H31NO2S/c1-21(2)30-24-15-9-10-16-26(24)31-27(23-13-7-4-8-14-23)25-20-28(17-18-29-25)19-22-11-5-3-6-12-22/h3-16,21,25,27H,17-20H2,1-2H3/t25-,27-/m0/s1. The molecule has 0 aliphatic carbocycles. The largest absolute Gasteiger partial charge is 0.490 e. The van der Waals surface area contributed by atoms with Crippen LogP contribution in [-0.2, 0) is 11.3 Å². The van der Waals surface area contributed by atoms with Crippen molar-refractivity contribution >= 4 is 11.8 Å². The molecule has 1 heterocycles. The Labute approximate surface area is 190 Å². The van der Waals surface area contributed by atoms with Crippen LogP contribution in [0, 0.1) is 0 Å². The SMILES string of the molecule is CC(C)Oc1ccccc1S[C@@H](c1ccccc1)[C@@H]1CN(Cc2ccccc2)CCO1. The van der Waals surface area contributed by atoms with Crippen molar-refractivity contribution in [3.8, 4) is 5.75 Å². The van der Waals surface area contributed by atoms with Gasteiger partial charge in [0.1, 0.15) is 5.75 Å². The van der Waals surface area contributed by atoms with Crippen LogP contribution >= 0.6 is 11.8 Å². The van der Waals surface area contributed by atoms with E-state index in [0.717, 1.165) is 36.9 Å². The van der Waals surface area contributed by atoms with Crippen LogP contribution in [0.5, 0.6) is 5.75 Å². The first kappa shape index (κ1) is 21.9. The maximum Gasteiger partial charge on any atom is 0.133 e. The van der Waals surface area contributed by atoms with Gasteiger partial charge in [-0.2, -0.15) is 0 Å². The summed E-state index contributed by atoms with van der Waals surface area (Å²) >= 11 is 1.85. The number of nitrogens with zero attached hydrogens (tertiary/aromatic N) is 1. The Morgan fingerprint density at radius 1 is 0.935 bits per heavy atom. The van der Waals surface area contributed by atoms with Crippen LogP contribution < -0.4 is 4.74 Å². The van der Waals surface area contributed by atoms with Crippen molar-refractivity contribution < 1.29 is 9.47 Å². The second-order valence-electron chi connectivity index (χ2n) is 8.19. The number of ether oxygens (including phenoxy) is 2. The van der Waals surface area contributed by atoms with Gasteiger partial charge >= 0.3 is 0 Å². The average Bonchev–Trinajstić information content (AvgIpc) is 2.79. The molecule has 1 aliphatic heterocycles. The second-order valence-corrected chi connectivity index (χ2v) is 9.38. The number of benzene rings is 3. The summed E-state index contributed by atoms with van der Waals surface area (Å²) in [7, 11) is 0. The third-order valence-electron chi connectivity index (χ3n) is 5.36. The zero-order valence-corrected chi connectivity index (χ0v) is 19.1. The summed E-state index contributed by atoms with van der Waals surface area (Å²) in [5, 5.41) is 0.191. The van der Waals surface area contributed by atoms with E-state index in [0.29, 0.717) is 0 Å². The molecular weight excluding hydrogens is 402 g/mol. The van der Waals surface area contributed by atoms with Gasteiger partial charge in [-0.05, 0) is 37.1 Å². The lowest BCUT2D eigenvalue weighted by atomic mass is 10.1. The van der Waals surface area contributed by atoms with E-state index < -0.39 is 0 Å². The van der Waals surface area contributed by atoms with Crippen molar-refractivity contribution in [2.24, 2.45) is 0 Å². The molecular formula is C27H31NO2S. The minimum Gasteiger partial charge on any atom is -0.490 e. The Hall–Kier alpha value is -2.27. The van der Waals surface area contributed by atoms with E-state index in [9.17, 15) is 0 Å². The predicted octanol–water partition coefficient (Wildman–Crippen LogP) is 6.21. The minimum atomic E-state index is 0.108. The first-order valence-corrected chi connectivity index (χ1v) is 11.9. The Balaban J connectivity index is 1.56. The molecule has 1 saturated heterocycles. The third kappa shape index (κ3) is 6.13. The highest BCUT2D eigenvalue weighted by Crippen LogP contribution is 2.43. The average molecular weight is 434 g/mol. The molecule has 3 aromatic rings. The van der Waals surface area contributed by atoms with Crippen molar-refractivity contribution in [3.05, 3.63) is 96.1 Å². The van der Waals surface area contributed by atoms with Crippen molar-refractivity contribution in [1.29, 1.82) is 0 Å². The molecule has 4 rings (SSSR count). The van der Waals surface area contributed by atoms with Gasteiger partial charge in [0.25, 0.3) is 0 Å². The molecule has 0 radical (unpaired) electrons. The molecule has 0 spiro atoms. The molecule has 3 aromatic carbocycles. The molecule has 1 fully saturated rings. The smallest absolute Gasteiger partial charge is 0.133 e. The molecule has 0 aromatic heterocycles. The van der Waals surface area contributed by atoms with Gasteiger partial charge < -0.3 is 9.47 Å². The molecule has 0 bridgehead atoms. The highest BCUT2D eigenvalue weighted by atomic mass is 32.2. The van der Waals surface area contributed by atoms with Gasteiger partial charge in [0, 0.05) is 19.6 Å². The number of thioether (sulfide) groups is 1. The highest BCUT2D eigenvalue weighted by molar-refractivity contribution is 7.99. The number of rotatable bonds is 8. The maximum absolute atomic E-state index is 6.35. The topological polar surface area (TPSA) is 21.7 Å². The fourth-order valence-corrected chi connectivity index (χ4v) is 5.21. The predicted molar refractivity (Wildman–Crippen MR) is 129 cm³/mol. The summed E-state index contributed by atoms with van der Waals surface area (Å²) in [6.07, 6.45) is 0.251. The molecule has 31 heavy (non-hydrogen) atoms. The Morgan fingerprint density at radius 2 is 1.61 bits per heavy atom. The molecule has 0 amide bonds. The van der Waals surface area contributed by atoms with Gasteiger partial charge in [0.05, 0.1) is 29.0 Å². The Kier molecular flexibility index (Phi) is 7.68. The fraction of sp³-hybridized carbons (Fsp3) is 0.333. The van der Waals surface area contributed by atoms with Crippen LogP contribution in [0.3, 0.4) is 0 Å². The van der Waals surface area contributed by atoms with Gasteiger partial charge in [-0.1, -0.05) is 72.8 Å².